The van der Waals surface area contributed by atoms with Gasteiger partial charge in [-0.05, 0) is 24.1 Å². The molecule has 2 fully saturated rings. The lowest BCUT2D eigenvalue weighted by Gasteiger charge is -2.22. The van der Waals surface area contributed by atoms with E-state index in [-0.39, 0.29) is 17.4 Å². The van der Waals surface area contributed by atoms with E-state index in [2.05, 4.69) is 10.6 Å². The van der Waals surface area contributed by atoms with E-state index in [1.165, 1.54) is 0 Å². The number of halogens is 1. The highest BCUT2D eigenvalue weighted by Crippen LogP contribution is 2.38. The molecule has 3 amide bonds. The predicted octanol–water partition coefficient (Wildman–Crippen LogP) is 1.92. The maximum absolute atomic E-state index is 12.5. The van der Waals surface area contributed by atoms with Crippen molar-refractivity contribution < 1.29 is 19.1 Å². The Morgan fingerprint density at radius 1 is 1.35 bits per heavy atom. The highest BCUT2D eigenvalue weighted by atomic mass is 35.5. The van der Waals surface area contributed by atoms with E-state index >= 15 is 0 Å². The van der Waals surface area contributed by atoms with Crippen LogP contribution in [0.2, 0.25) is 5.02 Å². The van der Waals surface area contributed by atoms with Crippen molar-refractivity contribution in [1.29, 1.82) is 0 Å². The first-order valence-electron chi connectivity index (χ1n) is 8.92. The number of carbonyl (C=O) groups is 2. The smallest absolute Gasteiger partial charge is 0.317 e. The Morgan fingerprint density at radius 3 is 3.00 bits per heavy atom. The first-order valence-corrected chi connectivity index (χ1v) is 9.30. The van der Waals surface area contributed by atoms with Crippen LogP contribution in [0.3, 0.4) is 0 Å². The van der Waals surface area contributed by atoms with Crippen LogP contribution in [0.1, 0.15) is 24.8 Å². The fourth-order valence-electron chi connectivity index (χ4n) is 3.82. The van der Waals surface area contributed by atoms with Gasteiger partial charge < -0.3 is 25.0 Å². The summed E-state index contributed by atoms with van der Waals surface area (Å²) in [7, 11) is 0. The van der Waals surface area contributed by atoms with Gasteiger partial charge in [-0.25, -0.2) is 4.79 Å². The average Bonchev–Trinajstić information content (AvgIpc) is 3.11. The molecule has 1 unspecified atom stereocenters. The van der Waals surface area contributed by atoms with Crippen LogP contribution in [0.15, 0.2) is 12.1 Å². The molecule has 140 valence electrons. The zero-order valence-electron chi connectivity index (χ0n) is 14.5. The first kappa shape index (κ1) is 17.3. The van der Waals surface area contributed by atoms with Crippen LogP contribution < -0.4 is 20.1 Å². The zero-order valence-corrected chi connectivity index (χ0v) is 15.2. The molecular formula is C18H22ClN3O4. The van der Waals surface area contributed by atoms with Gasteiger partial charge in [0.15, 0.2) is 11.5 Å². The molecule has 1 aromatic carbocycles. The molecule has 0 saturated carbocycles. The van der Waals surface area contributed by atoms with Crippen molar-refractivity contribution in [3.8, 4) is 11.5 Å². The van der Waals surface area contributed by atoms with Gasteiger partial charge in [-0.3, -0.25) is 4.79 Å². The molecule has 8 heteroatoms. The average molecular weight is 380 g/mol. The fraction of sp³-hybridized carbons (Fsp3) is 0.556. The van der Waals surface area contributed by atoms with Crippen molar-refractivity contribution in [2.45, 2.75) is 25.8 Å². The molecule has 0 bridgehead atoms. The standard InChI is InChI=1S/C18H22ClN3O4/c19-13-6-12(7-14-16(13)26-5-1-4-25-14)9-20-17(24)22-3-2-18(11-22)8-15(23)21-10-18/h6-7H,1-5,8-11H2,(H,20,24)(H,21,23). The number of rotatable bonds is 2. The van der Waals surface area contributed by atoms with Crippen LogP contribution >= 0.6 is 11.6 Å². The number of carbonyl (C=O) groups excluding carboxylic acids is 2. The summed E-state index contributed by atoms with van der Waals surface area (Å²) in [4.78, 5) is 25.8. The minimum absolute atomic E-state index is 0.0779. The van der Waals surface area contributed by atoms with Crippen LogP contribution in [0.25, 0.3) is 0 Å². The van der Waals surface area contributed by atoms with Gasteiger partial charge in [0.05, 0.1) is 18.2 Å². The molecule has 1 spiro atoms. The number of hydrogen-bond donors (Lipinski definition) is 2. The number of fused-ring (bicyclic) bond motifs is 1. The van der Waals surface area contributed by atoms with Crippen molar-refractivity contribution in [2.75, 3.05) is 32.8 Å². The summed E-state index contributed by atoms with van der Waals surface area (Å²) in [5.41, 5.74) is 0.770. The molecule has 3 heterocycles. The molecule has 3 aliphatic rings. The zero-order chi connectivity index (χ0) is 18.1. The second-order valence-electron chi connectivity index (χ2n) is 7.24. The number of urea groups is 1. The summed E-state index contributed by atoms with van der Waals surface area (Å²) in [6.45, 7) is 3.46. The van der Waals surface area contributed by atoms with E-state index in [0.717, 1.165) is 18.4 Å². The Labute approximate surface area is 157 Å². The number of amides is 3. The third kappa shape index (κ3) is 3.40. The minimum Gasteiger partial charge on any atom is -0.489 e. The Bertz CT molecular complexity index is 741. The van der Waals surface area contributed by atoms with E-state index in [9.17, 15) is 9.59 Å². The molecule has 4 rings (SSSR count). The normalized spacial score (nSPS) is 24.5. The molecule has 2 N–H and O–H groups in total. The van der Waals surface area contributed by atoms with Gasteiger partial charge >= 0.3 is 6.03 Å². The number of benzene rings is 1. The second kappa shape index (κ2) is 6.87. The number of likely N-dealkylation sites (tertiary alicyclic amines) is 1. The summed E-state index contributed by atoms with van der Waals surface area (Å²) in [6.07, 6.45) is 2.18. The lowest BCUT2D eigenvalue weighted by molar-refractivity contribution is -0.119. The van der Waals surface area contributed by atoms with E-state index in [4.69, 9.17) is 21.1 Å². The number of ether oxygens (including phenoxy) is 2. The molecule has 1 aromatic rings. The van der Waals surface area contributed by atoms with Crippen LogP contribution in [0, 0.1) is 5.41 Å². The molecule has 2 saturated heterocycles. The van der Waals surface area contributed by atoms with E-state index in [1.807, 2.05) is 6.07 Å². The predicted molar refractivity (Wildman–Crippen MR) is 95.5 cm³/mol. The first-order chi connectivity index (χ1) is 12.5. The van der Waals surface area contributed by atoms with Gasteiger partial charge in [0, 0.05) is 44.4 Å². The van der Waals surface area contributed by atoms with Crippen molar-refractivity contribution in [2.24, 2.45) is 5.41 Å². The molecule has 0 aromatic heterocycles. The Kier molecular flexibility index (Phi) is 4.56. The molecule has 3 aliphatic heterocycles. The van der Waals surface area contributed by atoms with Crippen LogP contribution in [-0.2, 0) is 11.3 Å². The van der Waals surface area contributed by atoms with Crippen molar-refractivity contribution in [3.63, 3.8) is 0 Å². The Hall–Kier alpha value is -2.15. The van der Waals surface area contributed by atoms with Gasteiger partial charge in [-0.2, -0.15) is 0 Å². The largest absolute Gasteiger partial charge is 0.489 e. The maximum atomic E-state index is 12.5. The van der Waals surface area contributed by atoms with E-state index < -0.39 is 0 Å². The summed E-state index contributed by atoms with van der Waals surface area (Å²) in [6, 6.07) is 3.53. The Morgan fingerprint density at radius 2 is 2.19 bits per heavy atom. The third-order valence-corrected chi connectivity index (χ3v) is 5.51. The number of nitrogens with zero attached hydrogens (tertiary/aromatic N) is 1. The summed E-state index contributed by atoms with van der Waals surface area (Å²) >= 11 is 6.29. The summed E-state index contributed by atoms with van der Waals surface area (Å²) in [5, 5.41) is 6.30. The lowest BCUT2D eigenvalue weighted by atomic mass is 9.86. The lowest BCUT2D eigenvalue weighted by Crippen LogP contribution is -2.40. The molecule has 0 aliphatic carbocycles. The van der Waals surface area contributed by atoms with Crippen LogP contribution in [0.4, 0.5) is 4.79 Å². The monoisotopic (exact) mass is 379 g/mol. The minimum atomic E-state index is -0.121. The van der Waals surface area contributed by atoms with Crippen molar-refractivity contribution in [3.05, 3.63) is 22.7 Å². The summed E-state index contributed by atoms with van der Waals surface area (Å²) in [5.74, 6) is 1.27. The number of hydrogen-bond acceptors (Lipinski definition) is 4. The van der Waals surface area contributed by atoms with Gasteiger partial charge in [0.2, 0.25) is 5.91 Å². The topological polar surface area (TPSA) is 79.9 Å². The molecule has 26 heavy (non-hydrogen) atoms. The van der Waals surface area contributed by atoms with Gasteiger partial charge in [0.1, 0.15) is 0 Å². The van der Waals surface area contributed by atoms with Gasteiger partial charge in [-0.1, -0.05) is 11.6 Å². The maximum Gasteiger partial charge on any atom is 0.317 e. The molecule has 0 radical (unpaired) electrons. The van der Waals surface area contributed by atoms with Gasteiger partial charge in [0.25, 0.3) is 0 Å². The quantitative estimate of drug-likeness (QED) is 0.822. The fourth-order valence-corrected chi connectivity index (χ4v) is 4.11. The number of nitrogens with one attached hydrogen (secondary N) is 2. The second-order valence-corrected chi connectivity index (χ2v) is 7.65. The van der Waals surface area contributed by atoms with Gasteiger partial charge in [-0.15, -0.1) is 0 Å². The van der Waals surface area contributed by atoms with Crippen LogP contribution in [0.5, 0.6) is 11.5 Å². The third-order valence-electron chi connectivity index (χ3n) is 5.23. The highest BCUT2D eigenvalue weighted by Gasteiger charge is 2.45. The summed E-state index contributed by atoms with van der Waals surface area (Å²) < 4.78 is 11.3. The van der Waals surface area contributed by atoms with E-state index in [0.29, 0.717) is 62.3 Å². The molecule has 7 nitrogen and oxygen atoms in total. The van der Waals surface area contributed by atoms with Crippen LogP contribution in [-0.4, -0.2) is 49.7 Å². The highest BCUT2D eigenvalue weighted by molar-refractivity contribution is 6.32. The van der Waals surface area contributed by atoms with Crippen molar-refractivity contribution in [1.82, 2.24) is 15.5 Å². The van der Waals surface area contributed by atoms with Crippen molar-refractivity contribution >= 4 is 23.5 Å². The SMILES string of the molecule is O=C1CC2(CCN(C(=O)NCc3cc(Cl)c4c(c3)OCCCO4)C2)CN1. The molecular weight excluding hydrogens is 358 g/mol. The molecule has 1 atom stereocenters. The van der Waals surface area contributed by atoms with E-state index in [1.54, 1.807) is 11.0 Å². The Balaban J connectivity index is 1.37.